The lowest BCUT2D eigenvalue weighted by molar-refractivity contribution is -0.132. The maximum atomic E-state index is 12.4. The maximum Gasteiger partial charge on any atom is 0.241 e. The summed E-state index contributed by atoms with van der Waals surface area (Å²) in [6.07, 6.45) is 4.35. The number of hydrogen-bond donors (Lipinski definition) is 1. The van der Waals surface area contributed by atoms with Crippen molar-refractivity contribution in [2.75, 3.05) is 12.0 Å². The molecular weight excluding hydrogens is 232 g/mol. The first-order chi connectivity index (χ1) is 8.06. The van der Waals surface area contributed by atoms with Crippen LogP contribution in [-0.2, 0) is 4.79 Å². The third-order valence-corrected chi connectivity index (χ3v) is 4.53. The predicted molar refractivity (Wildman–Crippen MR) is 75.1 cm³/mol. The van der Waals surface area contributed by atoms with Gasteiger partial charge in [0.05, 0.1) is 12.2 Å². The summed E-state index contributed by atoms with van der Waals surface area (Å²) < 4.78 is 0. The van der Waals surface area contributed by atoms with Crippen LogP contribution < -0.4 is 5.32 Å². The molecule has 3 nitrogen and oxygen atoms in total. The fourth-order valence-electron chi connectivity index (χ4n) is 2.48. The third kappa shape index (κ3) is 3.16. The Balaban J connectivity index is 2.78. The summed E-state index contributed by atoms with van der Waals surface area (Å²) in [4.78, 5) is 14.5. The number of hydrogen-bond acceptors (Lipinski definition) is 3. The molecule has 17 heavy (non-hydrogen) atoms. The highest BCUT2D eigenvalue weighted by Crippen LogP contribution is 2.23. The first kappa shape index (κ1) is 14.8. The monoisotopic (exact) mass is 258 g/mol. The first-order valence-corrected chi connectivity index (χ1v) is 8.03. The van der Waals surface area contributed by atoms with Gasteiger partial charge >= 0.3 is 0 Å². The van der Waals surface area contributed by atoms with Crippen LogP contribution in [0, 0.1) is 5.92 Å². The van der Waals surface area contributed by atoms with E-state index in [1.54, 1.807) is 11.8 Å². The summed E-state index contributed by atoms with van der Waals surface area (Å²) in [5, 5.41) is 3.50. The summed E-state index contributed by atoms with van der Waals surface area (Å²) in [6, 6.07) is 0.346. The molecule has 1 fully saturated rings. The quantitative estimate of drug-likeness (QED) is 0.793. The number of rotatable bonds is 6. The van der Waals surface area contributed by atoms with E-state index in [1.165, 1.54) is 0 Å². The molecule has 0 aromatic rings. The zero-order valence-electron chi connectivity index (χ0n) is 11.7. The van der Waals surface area contributed by atoms with Crippen molar-refractivity contribution in [1.82, 2.24) is 10.2 Å². The smallest absolute Gasteiger partial charge is 0.241 e. The number of thioether (sulfide) groups is 1. The number of carbonyl (C=O) groups is 1. The molecule has 1 heterocycles. The topological polar surface area (TPSA) is 32.3 Å². The van der Waals surface area contributed by atoms with E-state index in [1.807, 2.05) is 0 Å². The number of nitrogens with one attached hydrogen (secondary N) is 1. The van der Waals surface area contributed by atoms with E-state index in [0.717, 1.165) is 18.6 Å². The van der Waals surface area contributed by atoms with Crippen LogP contribution in [0.15, 0.2) is 0 Å². The van der Waals surface area contributed by atoms with E-state index in [9.17, 15) is 4.79 Å². The van der Waals surface area contributed by atoms with Crippen LogP contribution in [0.5, 0.6) is 0 Å². The molecule has 0 aromatic carbocycles. The Hall–Kier alpha value is -0.220. The Bertz CT molecular complexity index is 260. The lowest BCUT2D eigenvalue weighted by Gasteiger charge is -2.29. The van der Waals surface area contributed by atoms with Crippen molar-refractivity contribution >= 4 is 17.7 Å². The molecule has 1 aliphatic rings. The lowest BCUT2D eigenvalue weighted by atomic mass is 9.99. The molecule has 1 aliphatic heterocycles. The SMILES string of the molecule is CCC(C)C1NC(CC)N(C(C)CSC)C1=O. The van der Waals surface area contributed by atoms with Gasteiger partial charge in [-0.15, -0.1) is 0 Å². The Labute approximate surface area is 110 Å². The van der Waals surface area contributed by atoms with Gasteiger partial charge in [0.25, 0.3) is 0 Å². The van der Waals surface area contributed by atoms with Gasteiger partial charge in [0.15, 0.2) is 0 Å². The molecule has 0 radical (unpaired) electrons. The average Bonchev–Trinajstić information content (AvgIpc) is 2.65. The van der Waals surface area contributed by atoms with Gasteiger partial charge in [0, 0.05) is 11.8 Å². The lowest BCUT2D eigenvalue weighted by Crippen LogP contribution is -2.44. The fourth-order valence-corrected chi connectivity index (χ4v) is 3.12. The van der Waals surface area contributed by atoms with Gasteiger partial charge in [-0.3, -0.25) is 10.1 Å². The van der Waals surface area contributed by atoms with Gasteiger partial charge in [-0.25, -0.2) is 0 Å². The van der Waals surface area contributed by atoms with Crippen molar-refractivity contribution < 1.29 is 4.79 Å². The molecule has 1 N–H and O–H groups in total. The molecular formula is C13H26N2OS. The van der Waals surface area contributed by atoms with Gasteiger partial charge in [-0.2, -0.15) is 11.8 Å². The maximum absolute atomic E-state index is 12.4. The van der Waals surface area contributed by atoms with Crippen LogP contribution in [-0.4, -0.2) is 41.1 Å². The molecule has 1 rings (SSSR count). The van der Waals surface area contributed by atoms with E-state index in [-0.39, 0.29) is 12.2 Å². The second kappa shape index (κ2) is 6.64. The molecule has 0 spiro atoms. The van der Waals surface area contributed by atoms with Gasteiger partial charge in [0.2, 0.25) is 5.91 Å². The minimum Gasteiger partial charge on any atom is -0.322 e. The summed E-state index contributed by atoms with van der Waals surface area (Å²) in [5.41, 5.74) is 0. The number of amides is 1. The molecule has 0 aromatic heterocycles. The first-order valence-electron chi connectivity index (χ1n) is 6.63. The van der Waals surface area contributed by atoms with Crippen LogP contribution in [0.25, 0.3) is 0 Å². The van der Waals surface area contributed by atoms with Crippen LogP contribution in [0.3, 0.4) is 0 Å². The molecule has 100 valence electrons. The van der Waals surface area contributed by atoms with E-state index in [2.05, 4.69) is 44.2 Å². The Morgan fingerprint density at radius 2 is 2.06 bits per heavy atom. The van der Waals surface area contributed by atoms with Crippen molar-refractivity contribution in [3.63, 3.8) is 0 Å². The minimum absolute atomic E-state index is 0.0225. The molecule has 4 atom stereocenters. The summed E-state index contributed by atoms with van der Waals surface area (Å²) in [6.45, 7) is 8.60. The van der Waals surface area contributed by atoms with Gasteiger partial charge in [-0.05, 0) is 25.5 Å². The Morgan fingerprint density at radius 1 is 1.41 bits per heavy atom. The summed E-state index contributed by atoms with van der Waals surface area (Å²) in [5.74, 6) is 1.73. The number of nitrogens with zero attached hydrogens (tertiary/aromatic N) is 1. The van der Waals surface area contributed by atoms with Crippen molar-refractivity contribution in [2.45, 2.75) is 58.8 Å². The zero-order chi connectivity index (χ0) is 13.0. The van der Waals surface area contributed by atoms with Crippen molar-refractivity contribution in [3.8, 4) is 0 Å². The van der Waals surface area contributed by atoms with Gasteiger partial charge < -0.3 is 4.90 Å². The standard InChI is InChI=1S/C13H26N2OS/c1-6-9(3)12-13(16)15(10(4)8-17-5)11(7-2)14-12/h9-12,14H,6-8H2,1-5H3. The molecule has 4 unspecified atom stereocenters. The second-order valence-corrected chi connectivity index (χ2v) is 5.91. The van der Waals surface area contributed by atoms with E-state index < -0.39 is 0 Å². The molecule has 0 saturated carbocycles. The second-order valence-electron chi connectivity index (χ2n) is 5.00. The van der Waals surface area contributed by atoms with Gasteiger partial charge in [0.1, 0.15) is 0 Å². The largest absolute Gasteiger partial charge is 0.322 e. The predicted octanol–water partition coefficient (Wildman–Crippen LogP) is 2.32. The fraction of sp³-hybridized carbons (Fsp3) is 0.923. The van der Waals surface area contributed by atoms with Crippen molar-refractivity contribution in [1.29, 1.82) is 0 Å². The summed E-state index contributed by atoms with van der Waals surface area (Å²) >= 11 is 1.80. The van der Waals surface area contributed by atoms with E-state index in [4.69, 9.17) is 0 Å². The van der Waals surface area contributed by atoms with Crippen LogP contribution >= 0.6 is 11.8 Å². The van der Waals surface area contributed by atoms with Crippen LogP contribution in [0.1, 0.15) is 40.5 Å². The highest BCUT2D eigenvalue weighted by atomic mass is 32.2. The van der Waals surface area contributed by atoms with Gasteiger partial charge in [-0.1, -0.05) is 27.2 Å². The number of carbonyl (C=O) groups excluding carboxylic acids is 1. The molecule has 1 saturated heterocycles. The third-order valence-electron chi connectivity index (χ3n) is 3.71. The molecule has 4 heteroatoms. The van der Waals surface area contributed by atoms with Crippen LogP contribution in [0.2, 0.25) is 0 Å². The normalized spacial score (nSPS) is 28.5. The van der Waals surface area contributed by atoms with Crippen LogP contribution in [0.4, 0.5) is 0 Å². The van der Waals surface area contributed by atoms with E-state index in [0.29, 0.717) is 17.9 Å². The Morgan fingerprint density at radius 3 is 2.53 bits per heavy atom. The van der Waals surface area contributed by atoms with Crippen molar-refractivity contribution in [3.05, 3.63) is 0 Å². The summed E-state index contributed by atoms with van der Waals surface area (Å²) in [7, 11) is 0. The van der Waals surface area contributed by atoms with E-state index >= 15 is 0 Å². The minimum atomic E-state index is 0.0225. The molecule has 1 amide bonds. The Kier molecular flexibility index (Phi) is 5.80. The average molecular weight is 258 g/mol. The molecule has 0 bridgehead atoms. The molecule has 0 aliphatic carbocycles. The zero-order valence-corrected chi connectivity index (χ0v) is 12.5. The highest BCUT2D eigenvalue weighted by Gasteiger charge is 2.41. The highest BCUT2D eigenvalue weighted by molar-refractivity contribution is 7.98. The van der Waals surface area contributed by atoms with Crippen molar-refractivity contribution in [2.24, 2.45) is 5.92 Å².